The Bertz CT molecular complexity index is 169. The minimum atomic E-state index is -1.07. The molecule has 0 aromatic carbocycles. The molecular formula is C7H15AsO4S. The van der Waals surface area contributed by atoms with Crippen LogP contribution >= 0.6 is 10.0 Å². The number of aliphatic hydroxyl groups is 3. The molecule has 0 aliphatic carbocycles. The molecule has 3 N–H and O–H groups in total. The van der Waals surface area contributed by atoms with Crippen LogP contribution in [0.1, 0.15) is 0 Å². The molecule has 4 unspecified atom stereocenters. The monoisotopic (exact) mass is 270 g/mol. The van der Waals surface area contributed by atoms with Crippen LogP contribution in [0.3, 0.4) is 0 Å². The van der Waals surface area contributed by atoms with Crippen molar-refractivity contribution in [2.24, 2.45) is 0 Å². The van der Waals surface area contributed by atoms with Crippen molar-refractivity contribution in [1.29, 1.82) is 0 Å². The van der Waals surface area contributed by atoms with Crippen LogP contribution in [0.5, 0.6) is 0 Å². The van der Waals surface area contributed by atoms with Crippen LogP contribution in [-0.4, -0.2) is 59.2 Å². The third-order valence-electron chi connectivity index (χ3n) is 1.77. The van der Waals surface area contributed by atoms with E-state index in [9.17, 15) is 10.2 Å². The van der Waals surface area contributed by atoms with Crippen molar-refractivity contribution in [3.8, 4) is 0 Å². The molecule has 0 spiro atoms. The van der Waals surface area contributed by atoms with E-state index >= 15 is 0 Å². The van der Waals surface area contributed by atoms with Gasteiger partial charge in [-0.2, -0.15) is 0 Å². The fraction of sp³-hybridized carbons (Fsp3) is 1.00. The van der Waals surface area contributed by atoms with Gasteiger partial charge in [0.2, 0.25) is 0 Å². The molecule has 1 heterocycles. The summed E-state index contributed by atoms with van der Waals surface area (Å²) in [5.74, 6) is 0. The zero-order valence-corrected chi connectivity index (χ0v) is 10.3. The normalized spacial score (nSPS) is 41.1. The van der Waals surface area contributed by atoms with Crippen molar-refractivity contribution in [3.63, 3.8) is 0 Å². The van der Waals surface area contributed by atoms with Crippen LogP contribution in [-0.2, 0) is 4.74 Å². The van der Waals surface area contributed by atoms with Gasteiger partial charge in [0.25, 0.3) is 0 Å². The minimum absolute atomic E-state index is 0.109. The summed E-state index contributed by atoms with van der Waals surface area (Å²) in [7, 11) is 1.59. The second-order valence-electron chi connectivity index (χ2n) is 3.17. The SMILES string of the molecule is C[As](C)SC1OCC(O)C(O)C1O. The maximum absolute atomic E-state index is 9.52. The van der Waals surface area contributed by atoms with E-state index < -0.39 is 31.8 Å². The molecule has 0 bridgehead atoms. The van der Waals surface area contributed by atoms with E-state index in [-0.39, 0.29) is 12.0 Å². The average Bonchev–Trinajstić information content (AvgIpc) is 2.06. The Morgan fingerprint density at radius 1 is 1.23 bits per heavy atom. The van der Waals surface area contributed by atoms with Gasteiger partial charge in [-0.3, -0.25) is 0 Å². The second-order valence-corrected chi connectivity index (χ2v) is 12.4. The molecule has 0 amide bonds. The topological polar surface area (TPSA) is 69.9 Å². The first-order valence-corrected chi connectivity index (χ1v) is 10.9. The predicted octanol–water partition coefficient (Wildman–Crippen LogP) is -0.590. The van der Waals surface area contributed by atoms with E-state index in [1.54, 1.807) is 10.0 Å². The molecular weight excluding hydrogens is 255 g/mol. The van der Waals surface area contributed by atoms with E-state index in [1.807, 2.05) is 0 Å². The Labute approximate surface area is 85.5 Å². The first-order valence-electron chi connectivity index (χ1n) is 4.02. The molecule has 78 valence electrons. The molecule has 0 aromatic heterocycles. The van der Waals surface area contributed by atoms with Gasteiger partial charge in [0.1, 0.15) is 0 Å². The summed E-state index contributed by atoms with van der Waals surface area (Å²) in [6.07, 6.45) is -2.99. The Balaban J connectivity index is 2.48. The molecule has 1 fully saturated rings. The molecule has 4 nitrogen and oxygen atoms in total. The van der Waals surface area contributed by atoms with Crippen molar-refractivity contribution in [3.05, 3.63) is 0 Å². The van der Waals surface area contributed by atoms with Crippen LogP contribution in [0.4, 0.5) is 0 Å². The molecule has 0 aromatic rings. The first-order chi connectivity index (χ1) is 6.02. The predicted molar refractivity (Wildman–Crippen MR) is 52.8 cm³/mol. The average molecular weight is 270 g/mol. The maximum atomic E-state index is 9.52. The van der Waals surface area contributed by atoms with E-state index in [2.05, 4.69) is 11.4 Å². The van der Waals surface area contributed by atoms with Gasteiger partial charge in [-0.05, 0) is 0 Å². The van der Waals surface area contributed by atoms with Crippen LogP contribution in [0, 0.1) is 0 Å². The van der Waals surface area contributed by atoms with Gasteiger partial charge in [0.05, 0.1) is 0 Å². The molecule has 4 atom stereocenters. The Morgan fingerprint density at radius 3 is 2.38 bits per heavy atom. The molecule has 13 heavy (non-hydrogen) atoms. The van der Waals surface area contributed by atoms with E-state index in [1.165, 1.54) is 0 Å². The summed E-state index contributed by atoms with van der Waals surface area (Å²) in [5.41, 5.74) is 3.89. The van der Waals surface area contributed by atoms with Crippen LogP contribution in [0.15, 0.2) is 0 Å². The van der Waals surface area contributed by atoms with Gasteiger partial charge in [-0.1, -0.05) is 0 Å². The zero-order valence-electron chi connectivity index (χ0n) is 7.62. The quantitative estimate of drug-likeness (QED) is 0.585. The van der Waals surface area contributed by atoms with E-state index in [4.69, 9.17) is 9.84 Å². The fourth-order valence-electron chi connectivity index (χ4n) is 1.08. The van der Waals surface area contributed by atoms with Gasteiger partial charge in [-0.15, -0.1) is 0 Å². The molecule has 1 aliphatic rings. The van der Waals surface area contributed by atoms with Crippen molar-refractivity contribution < 1.29 is 20.1 Å². The van der Waals surface area contributed by atoms with Gasteiger partial charge in [-0.25, -0.2) is 0 Å². The molecule has 1 aliphatic heterocycles. The van der Waals surface area contributed by atoms with Crippen molar-refractivity contribution >= 4 is 23.5 Å². The van der Waals surface area contributed by atoms with Gasteiger partial charge < -0.3 is 0 Å². The van der Waals surface area contributed by atoms with Crippen LogP contribution in [0.2, 0.25) is 11.4 Å². The molecule has 6 heteroatoms. The van der Waals surface area contributed by atoms with Crippen molar-refractivity contribution in [1.82, 2.24) is 0 Å². The summed E-state index contributed by atoms with van der Waals surface area (Å²) in [6, 6.07) is 0. The standard InChI is InChI=1S/C7H15AsO4S/c1-8(2)13-7-6(11)5(10)4(9)3-12-7/h4-7,9-11H,3H2,1-2H3. The Hall–Kier alpha value is 0.748. The summed E-state index contributed by atoms with van der Waals surface area (Å²) in [4.78, 5) is 0. The summed E-state index contributed by atoms with van der Waals surface area (Å²) >= 11 is -0.951. The van der Waals surface area contributed by atoms with E-state index in [0.29, 0.717) is 0 Å². The molecule has 1 saturated heterocycles. The summed E-state index contributed by atoms with van der Waals surface area (Å²) in [6.45, 7) is 0.109. The molecule has 1 rings (SSSR count). The summed E-state index contributed by atoms with van der Waals surface area (Å²) in [5, 5.41) is 28.0. The Morgan fingerprint density at radius 2 is 1.85 bits per heavy atom. The zero-order chi connectivity index (χ0) is 10.0. The Kier molecular flexibility index (Phi) is 4.55. The number of rotatable bonds is 2. The van der Waals surface area contributed by atoms with Crippen LogP contribution < -0.4 is 0 Å². The van der Waals surface area contributed by atoms with Crippen LogP contribution in [0.25, 0.3) is 0 Å². The number of aliphatic hydroxyl groups excluding tert-OH is 3. The third kappa shape index (κ3) is 3.11. The fourth-order valence-corrected chi connectivity index (χ4v) is 5.70. The molecule has 0 radical (unpaired) electrons. The summed E-state index contributed by atoms with van der Waals surface area (Å²) < 4.78 is 5.22. The first kappa shape index (κ1) is 11.8. The van der Waals surface area contributed by atoms with Crippen molar-refractivity contribution in [2.45, 2.75) is 35.2 Å². The van der Waals surface area contributed by atoms with E-state index in [0.717, 1.165) is 0 Å². The number of ether oxygens (including phenoxy) is 1. The van der Waals surface area contributed by atoms with Gasteiger partial charge in [0, 0.05) is 0 Å². The van der Waals surface area contributed by atoms with Gasteiger partial charge >= 0.3 is 85.4 Å². The van der Waals surface area contributed by atoms with Crippen molar-refractivity contribution in [2.75, 3.05) is 6.61 Å². The molecule has 0 saturated carbocycles. The third-order valence-corrected chi connectivity index (χ3v) is 6.78. The van der Waals surface area contributed by atoms with Gasteiger partial charge in [0.15, 0.2) is 0 Å². The number of hydrogen-bond acceptors (Lipinski definition) is 5. The second kappa shape index (κ2) is 5.01. The number of hydrogen-bond donors (Lipinski definition) is 3.